The average molecular weight is 276 g/mol. The van der Waals surface area contributed by atoms with Crippen molar-refractivity contribution in [1.82, 2.24) is 0 Å². The molecule has 0 aliphatic rings. The summed E-state index contributed by atoms with van der Waals surface area (Å²) in [6.07, 6.45) is -0.205. The molecule has 0 atom stereocenters. The Morgan fingerprint density at radius 2 is 1.95 bits per heavy atom. The van der Waals surface area contributed by atoms with Crippen molar-refractivity contribution < 1.29 is 18.3 Å². The highest BCUT2D eigenvalue weighted by atomic mass is 19.1. The van der Waals surface area contributed by atoms with Gasteiger partial charge in [0.1, 0.15) is 5.82 Å². The lowest BCUT2D eigenvalue weighted by molar-refractivity contribution is 0.0988. The number of carbonyl (C=O) groups excluding carboxylic acids is 1. The third-order valence-electron chi connectivity index (χ3n) is 3.04. The van der Waals surface area contributed by atoms with Crippen LogP contribution in [0, 0.1) is 18.6 Å². The van der Waals surface area contributed by atoms with E-state index in [9.17, 15) is 13.6 Å². The molecular weight excluding hydrogens is 262 g/mol. The van der Waals surface area contributed by atoms with Crippen LogP contribution in [-0.2, 0) is 6.42 Å². The first kappa shape index (κ1) is 14.2. The van der Waals surface area contributed by atoms with Crippen LogP contribution in [-0.4, -0.2) is 12.9 Å². The minimum Gasteiger partial charge on any atom is -0.494 e. The highest BCUT2D eigenvalue weighted by Crippen LogP contribution is 2.22. The molecule has 0 aromatic heterocycles. The Morgan fingerprint density at radius 3 is 2.60 bits per heavy atom. The van der Waals surface area contributed by atoms with Gasteiger partial charge in [-0.15, -0.1) is 0 Å². The van der Waals surface area contributed by atoms with Crippen LogP contribution < -0.4 is 4.74 Å². The quantitative estimate of drug-likeness (QED) is 0.796. The summed E-state index contributed by atoms with van der Waals surface area (Å²) in [4.78, 5) is 12.1. The number of ketones is 1. The number of carbonyl (C=O) groups is 1. The second kappa shape index (κ2) is 5.82. The van der Waals surface area contributed by atoms with Gasteiger partial charge >= 0.3 is 0 Å². The fourth-order valence-corrected chi connectivity index (χ4v) is 1.96. The molecule has 4 heteroatoms. The highest BCUT2D eigenvalue weighted by Gasteiger charge is 2.16. The molecule has 0 heterocycles. The monoisotopic (exact) mass is 276 g/mol. The van der Waals surface area contributed by atoms with Gasteiger partial charge in [0, 0.05) is 6.42 Å². The van der Waals surface area contributed by atoms with E-state index in [1.165, 1.54) is 31.4 Å². The molecule has 2 nitrogen and oxygen atoms in total. The summed E-state index contributed by atoms with van der Waals surface area (Å²) in [6.45, 7) is 1.74. The molecule has 0 aliphatic carbocycles. The van der Waals surface area contributed by atoms with Crippen LogP contribution in [0.2, 0.25) is 0 Å². The van der Waals surface area contributed by atoms with Crippen molar-refractivity contribution in [2.45, 2.75) is 13.3 Å². The molecule has 0 fully saturated rings. The van der Waals surface area contributed by atoms with Crippen LogP contribution in [0.3, 0.4) is 0 Å². The Kier molecular flexibility index (Phi) is 4.13. The van der Waals surface area contributed by atoms with Crippen molar-refractivity contribution in [2.75, 3.05) is 7.11 Å². The van der Waals surface area contributed by atoms with Gasteiger partial charge in [-0.1, -0.05) is 18.2 Å². The maximum absolute atomic E-state index is 13.9. The summed E-state index contributed by atoms with van der Waals surface area (Å²) < 4.78 is 32.5. The number of methoxy groups -OCH3 is 1. The Bertz CT molecular complexity index is 651. The first-order valence-electron chi connectivity index (χ1n) is 6.13. The number of aryl methyl sites for hydroxylation is 1. The lowest BCUT2D eigenvalue weighted by atomic mass is 10.0. The molecule has 0 N–H and O–H groups in total. The van der Waals surface area contributed by atoms with Gasteiger partial charge in [0.15, 0.2) is 17.3 Å². The van der Waals surface area contributed by atoms with Crippen LogP contribution in [0.15, 0.2) is 36.4 Å². The number of rotatable bonds is 4. The van der Waals surface area contributed by atoms with Gasteiger partial charge in [0.25, 0.3) is 0 Å². The summed E-state index contributed by atoms with van der Waals surface area (Å²) >= 11 is 0. The Morgan fingerprint density at radius 1 is 1.20 bits per heavy atom. The Labute approximate surface area is 116 Å². The SMILES string of the molecule is COc1cccc(CC(=O)c2ccc(C)cc2F)c1F. The standard InChI is InChI=1S/C16H14F2O2/c1-10-6-7-12(13(17)8-10)14(19)9-11-4-3-5-15(20-2)16(11)18/h3-8H,9H2,1-2H3. The molecule has 0 amide bonds. The van der Waals surface area contributed by atoms with E-state index >= 15 is 0 Å². The van der Waals surface area contributed by atoms with E-state index in [-0.39, 0.29) is 23.3 Å². The molecule has 0 aliphatic heterocycles. The molecule has 0 bridgehead atoms. The normalized spacial score (nSPS) is 10.4. The molecule has 2 rings (SSSR count). The largest absolute Gasteiger partial charge is 0.494 e. The van der Waals surface area contributed by atoms with Crippen molar-refractivity contribution >= 4 is 5.78 Å². The predicted molar refractivity (Wildman–Crippen MR) is 72.1 cm³/mol. The minimum atomic E-state index is -0.587. The molecule has 0 spiro atoms. The molecule has 0 unspecified atom stereocenters. The van der Waals surface area contributed by atoms with Gasteiger partial charge in [0.2, 0.25) is 0 Å². The molecule has 0 saturated heterocycles. The second-order valence-corrected chi connectivity index (χ2v) is 4.52. The average Bonchev–Trinajstić information content (AvgIpc) is 2.41. The molecule has 0 radical (unpaired) electrons. The fraction of sp³-hybridized carbons (Fsp3) is 0.188. The Balaban J connectivity index is 2.28. The van der Waals surface area contributed by atoms with Gasteiger partial charge in [-0.3, -0.25) is 4.79 Å². The fourth-order valence-electron chi connectivity index (χ4n) is 1.96. The zero-order valence-corrected chi connectivity index (χ0v) is 11.2. The predicted octanol–water partition coefficient (Wildman–Crippen LogP) is 3.71. The van der Waals surface area contributed by atoms with Crippen molar-refractivity contribution in [3.8, 4) is 5.75 Å². The van der Waals surface area contributed by atoms with E-state index in [0.29, 0.717) is 0 Å². The second-order valence-electron chi connectivity index (χ2n) is 4.52. The smallest absolute Gasteiger partial charge is 0.170 e. The van der Waals surface area contributed by atoms with Gasteiger partial charge in [0.05, 0.1) is 12.7 Å². The van der Waals surface area contributed by atoms with Crippen molar-refractivity contribution in [3.05, 3.63) is 64.7 Å². The third kappa shape index (κ3) is 2.85. The van der Waals surface area contributed by atoms with E-state index in [0.717, 1.165) is 5.56 Å². The van der Waals surface area contributed by atoms with Crippen LogP contribution in [0.5, 0.6) is 5.75 Å². The first-order valence-corrected chi connectivity index (χ1v) is 6.13. The lowest BCUT2D eigenvalue weighted by Crippen LogP contribution is -2.08. The Hall–Kier alpha value is -2.23. The number of hydrogen-bond acceptors (Lipinski definition) is 2. The molecule has 2 aromatic carbocycles. The van der Waals surface area contributed by atoms with Crippen LogP contribution in [0.4, 0.5) is 8.78 Å². The summed E-state index contributed by atoms with van der Waals surface area (Å²) in [5, 5.41) is 0. The van der Waals surface area contributed by atoms with E-state index < -0.39 is 17.4 Å². The van der Waals surface area contributed by atoms with Crippen molar-refractivity contribution in [2.24, 2.45) is 0 Å². The molecule has 104 valence electrons. The van der Waals surface area contributed by atoms with E-state index in [2.05, 4.69) is 0 Å². The molecule has 2 aromatic rings. The van der Waals surface area contributed by atoms with Gasteiger partial charge in [-0.05, 0) is 36.2 Å². The first-order chi connectivity index (χ1) is 9.52. The van der Waals surface area contributed by atoms with Gasteiger partial charge in [-0.25, -0.2) is 8.78 Å². The number of halogens is 2. The maximum Gasteiger partial charge on any atom is 0.170 e. The number of hydrogen-bond donors (Lipinski definition) is 0. The number of benzene rings is 2. The van der Waals surface area contributed by atoms with Crippen LogP contribution >= 0.6 is 0 Å². The summed E-state index contributed by atoms with van der Waals surface area (Å²) in [7, 11) is 1.35. The summed E-state index contributed by atoms with van der Waals surface area (Å²) in [6, 6.07) is 8.91. The van der Waals surface area contributed by atoms with Crippen LogP contribution in [0.1, 0.15) is 21.5 Å². The van der Waals surface area contributed by atoms with Crippen molar-refractivity contribution in [1.29, 1.82) is 0 Å². The third-order valence-corrected chi connectivity index (χ3v) is 3.04. The van der Waals surface area contributed by atoms with E-state index in [1.807, 2.05) is 0 Å². The molecule has 0 saturated carbocycles. The minimum absolute atomic E-state index is 0.0298. The van der Waals surface area contributed by atoms with Gasteiger partial charge in [-0.2, -0.15) is 0 Å². The van der Waals surface area contributed by atoms with E-state index in [4.69, 9.17) is 4.74 Å². The summed E-state index contributed by atoms with van der Waals surface area (Å²) in [5.41, 5.74) is 0.888. The summed E-state index contributed by atoms with van der Waals surface area (Å²) in [5.74, 6) is -1.57. The zero-order valence-electron chi connectivity index (χ0n) is 11.2. The maximum atomic E-state index is 13.9. The number of Topliss-reactive ketones (excluding diaryl/α,β-unsaturated/α-hetero) is 1. The topological polar surface area (TPSA) is 26.3 Å². The van der Waals surface area contributed by atoms with Crippen LogP contribution in [0.25, 0.3) is 0 Å². The van der Waals surface area contributed by atoms with E-state index in [1.54, 1.807) is 19.1 Å². The lowest BCUT2D eigenvalue weighted by Gasteiger charge is -2.07. The van der Waals surface area contributed by atoms with Crippen molar-refractivity contribution in [3.63, 3.8) is 0 Å². The molecule has 20 heavy (non-hydrogen) atoms. The number of ether oxygens (including phenoxy) is 1. The highest BCUT2D eigenvalue weighted by molar-refractivity contribution is 5.97. The molecular formula is C16H14F2O2. The van der Waals surface area contributed by atoms with Gasteiger partial charge < -0.3 is 4.74 Å². The zero-order chi connectivity index (χ0) is 14.7.